The predicted molar refractivity (Wildman–Crippen MR) is 97.8 cm³/mol. The van der Waals surface area contributed by atoms with Crippen LogP contribution in [0.25, 0.3) is 0 Å². The first-order chi connectivity index (χ1) is 12.2. The van der Waals surface area contributed by atoms with Gasteiger partial charge >= 0.3 is 0 Å². The summed E-state index contributed by atoms with van der Waals surface area (Å²) in [6.07, 6.45) is 1.65. The zero-order valence-electron chi connectivity index (χ0n) is 14.9. The Morgan fingerprint density at radius 2 is 1.88 bits per heavy atom. The van der Waals surface area contributed by atoms with E-state index in [0.717, 1.165) is 32.7 Å². The van der Waals surface area contributed by atoms with Crippen LogP contribution in [0.3, 0.4) is 0 Å². The first-order valence-electron chi connectivity index (χ1n) is 8.83. The molecular formula is C20H25N3O2. The van der Waals surface area contributed by atoms with Crippen LogP contribution < -0.4 is 4.74 Å². The van der Waals surface area contributed by atoms with Gasteiger partial charge < -0.3 is 9.64 Å². The van der Waals surface area contributed by atoms with Gasteiger partial charge in [-0.25, -0.2) is 4.98 Å². The molecule has 132 valence electrons. The molecule has 0 spiro atoms. The van der Waals surface area contributed by atoms with E-state index >= 15 is 0 Å². The molecule has 25 heavy (non-hydrogen) atoms. The fourth-order valence-corrected chi connectivity index (χ4v) is 3.11. The highest BCUT2D eigenvalue weighted by Crippen LogP contribution is 2.19. The van der Waals surface area contributed by atoms with Crippen molar-refractivity contribution in [2.75, 3.05) is 32.8 Å². The van der Waals surface area contributed by atoms with Crippen LogP contribution in [0.5, 0.6) is 5.88 Å². The third-order valence-electron chi connectivity index (χ3n) is 4.60. The maximum Gasteiger partial charge on any atom is 0.259 e. The fraction of sp³-hybridized carbons (Fsp3) is 0.400. The number of aryl methyl sites for hydroxylation is 1. The van der Waals surface area contributed by atoms with Crippen molar-refractivity contribution < 1.29 is 9.53 Å². The minimum atomic E-state index is 0.00657. The molecule has 0 bridgehead atoms. The van der Waals surface area contributed by atoms with Gasteiger partial charge in [0.1, 0.15) is 5.56 Å². The number of hydrogen-bond donors (Lipinski definition) is 0. The number of hydrogen-bond acceptors (Lipinski definition) is 4. The number of carbonyl (C=O) groups is 1. The van der Waals surface area contributed by atoms with Crippen molar-refractivity contribution in [2.45, 2.75) is 20.4 Å². The van der Waals surface area contributed by atoms with E-state index in [4.69, 9.17) is 4.74 Å². The number of carbonyl (C=O) groups excluding carboxylic acids is 1. The highest BCUT2D eigenvalue weighted by atomic mass is 16.5. The largest absolute Gasteiger partial charge is 0.477 e. The van der Waals surface area contributed by atoms with Crippen molar-refractivity contribution >= 4 is 5.91 Å². The summed E-state index contributed by atoms with van der Waals surface area (Å²) in [5, 5.41) is 0. The second kappa shape index (κ2) is 8.12. The zero-order valence-corrected chi connectivity index (χ0v) is 14.9. The molecule has 1 fully saturated rings. The van der Waals surface area contributed by atoms with Gasteiger partial charge in [0, 0.05) is 38.9 Å². The Kier molecular flexibility index (Phi) is 5.66. The van der Waals surface area contributed by atoms with Gasteiger partial charge in [0.2, 0.25) is 5.88 Å². The van der Waals surface area contributed by atoms with Crippen LogP contribution in [0.1, 0.15) is 28.4 Å². The van der Waals surface area contributed by atoms with Crippen molar-refractivity contribution in [3.05, 3.63) is 59.3 Å². The maximum atomic E-state index is 12.8. The molecule has 5 heteroatoms. The molecule has 1 saturated heterocycles. The number of ether oxygens (including phenoxy) is 1. The quantitative estimate of drug-likeness (QED) is 0.840. The summed E-state index contributed by atoms with van der Waals surface area (Å²) >= 11 is 0. The third-order valence-corrected chi connectivity index (χ3v) is 4.60. The van der Waals surface area contributed by atoms with Gasteiger partial charge in [-0.05, 0) is 37.1 Å². The molecule has 0 unspecified atom stereocenters. The molecule has 5 nitrogen and oxygen atoms in total. The minimum absolute atomic E-state index is 0.00657. The summed E-state index contributed by atoms with van der Waals surface area (Å²) in [7, 11) is 0. The first-order valence-corrected chi connectivity index (χ1v) is 8.83. The molecule has 1 aromatic heterocycles. The molecule has 1 amide bonds. The molecule has 0 radical (unpaired) electrons. The van der Waals surface area contributed by atoms with Gasteiger partial charge in [-0.3, -0.25) is 9.69 Å². The van der Waals surface area contributed by atoms with Crippen LogP contribution in [0.4, 0.5) is 0 Å². The average Bonchev–Trinajstić information content (AvgIpc) is 2.64. The van der Waals surface area contributed by atoms with Crippen LogP contribution >= 0.6 is 0 Å². The van der Waals surface area contributed by atoms with Gasteiger partial charge in [0.25, 0.3) is 5.91 Å². The Morgan fingerprint density at radius 3 is 2.60 bits per heavy atom. The normalized spacial score (nSPS) is 15.2. The van der Waals surface area contributed by atoms with Crippen LogP contribution in [0.2, 0.25) is 0 Å². The Labute approximate surface area is 149 Å². The molecule has 0 atom stereocenters. The molecule has 1 aromatic carbocycles. The molecule has 2 aromatic rings. The van der Waals surface area contributed by atoms with E-state index in [9.17, 15) is 4.79 Å². The lowest BCUT2D eigenvalue weighted by atomic mass is 10.1. The van der Waals surface area contributed by atoms with E-state index < -0.39 is 0 Å². The van der Waals surface area contributed by atoms with Crippen LogP contribution in [0.15, 0.2) is 42.6 Å². The minimum Gasteiger partial charge on any atom is -0.477 e. The summed E-state index contributed by atoms with van der Waals surface area (Å²) in [5.74, 6) is 0.435. The number of amides is 1. The lowest BCUT2D eigenvalue weighted by molar-refractivity contribution is 0.0623. The Hall–Kier alpha value is -2.40. The van der Waals surface area contributed by atoms with Crippen LogP contribution in [-0.4, -0.2) is 53.5 Å². The van der Waals surface area contributed by atoms with Gasteiger partial charge in [0.15, 0.2) is 0 Å². The van der Waals surface area contributed by atoms with Crippen molar-refractivity contribution in [3.63, 3.8) is 0 Å². The van der Waals surface area contributed by atoms with Crippen molar-refractivity contribution in [1.82, 2.24) is 14.8 Å². The van der Waals surface area contributed by atoms with Crippen molar-refractivity contribution in [3.8, 4) is 5.88 Å². The predicted octanol–water partition coefficient (Wildman–Crippen LogP) is 2.75. The number of rotatable bonds is 5. The summed E-state index contributed by atoms with van der Waals surface area (Å²) in [6.45, 7) is 8.69. The molecular weight excluding hydrogens is 314 g/mol. The van der Waals surface area contributed by atoms with Gasteiger partial charge in [-0.2, -0.15) is 0 Å². The molecule has 0 aliphatic carbocycles. The van der Waals surface area contributed by atoms with E-state index in [-0.39, 0.29) is 5.91 Å². The molecule has 0 saturated carbocycles. The second-order valence-electron chi connectivity index (χ2n) is 6.28. The molecule has 3 rings (SSSR count). The highest BCUT2D eigenvalue weighted by Gasteiger charge is 2.24. The van der Waals surface area contributed by atoms with E-state index in [1.165, 1.54) is 11.1 Å². The molecule has 1 aliphatic rings. The average molecular weight is 339 g/mol. The summed E-state index contributed by atoms with van der Waals surface area (Å²) in [6, 6.07) is 12.0. The molecule has 1 aliphatic heterocycles. The van der Waals surface area contributed by atoms with Gasteiger partial charge in [0.05, 0.1) is 6.61 Å². The van der Waals surface area contributed by atoms with Gasteiger partial charge in [-0.1, -0.05) is 24.3 Å². The monoisotopic (exact) mass is 339 g/mol. The SMILES string of the molecule is CCOc1ncccc1C(=O)N1CCN(Cc2ccccc2C)CC1. The number of aromatic nitrogens is 1. The molecule has 0 N–H and O–H groups in total. The van der Waals surface area contributed by atoms with Crippen LogP contribution in [0, 0.1) is 6.92 Å². The summed E-state index contributed by atoms with van der Waals surface area (Å²) in [5.41, 5.74) is 3.22. The van der Waals surface area contributed by atoms with E-state index in [0.29, 0.717) is 18.1 Å². The Bertz CT molecular complexity index is 724. The smallest absolute Gasteiger partial charge is 0.259 e. The number of pyridine rings is 1. The fourth-order valence-electron chi connectivity index (χ4n) is 3.11. The van der Waals surface area contributed by atoms with E-state index in [1.54, 1.807) is 18.3 Å². The standard InChI is InChI=1S/C20H25N3O2/c1-3-25-19-18(9-6-10-21-19)20(24)23-13-11-22(12-14-23)15-17-8-5-4-7-16(17)2/h4-10H,3,11-15H2,1-2H3. The lowest BCUT2D eigenvalue weighted by Gasteiger charge is -2.35. The van der Waals surface area contributed by atoms with E-state index in [1.807, 2.05) is 11.8 Å². The number of benzene rings is 1. The topological polar surface area (TPSA) is 45.7 Å². The lowest BCUT2D eigenvalue weighted by Crippen LogP contribution is -2.48. The van der Waals surface area contributed by atoms with Gasteiger partial charge in [-0.15, -0.1) is 0 Å². The second-order valence-corrected chi connectivity index (χ2v) is 6.28. The first kappa shape index (κ1) is 17.4. The number of nitrogens with zero attached hydrogens (tertiary/aromatic N) is 3. The van der Waals surface area contributed by atoms with Crippen molar-refractivity contribution in [1.29, 1.82) is 0 Å². The Morgan fingerprint density at radius 1 is 1.12 bits per heavy atom. The summed E-state index contributed by atoms with van der Waals surface area (Å²) < 4.78 is 5.49. The van der Waals surface area contributed by atoms with Crippen LogP contribution in [-0.2, 0) is 6.54 Å². The van der Waals surface area contributed by atoms with E-state index in [2.05, 4.69) is 41.1 Å². The maximum absolute atomic E-state index is 12.8. The zero-order chi connectivity index (χ0) is 17.6. The number of piperazine rings is 1. The molecule has 2 heterocycles. The van der Waals surface area contributed by atoms with Crippen molar-refractivity contribution in [2.24, 2.45) is 0 Å². The Balaban J connectivity index is 1.61. The highest BCUT2D eigenvalue weighted by molar-refractivity contribution is 5.96. The third kappa shape index (κ3) is 4.17. The summed E-state index contributed by atoms with van der Waals surface area (Å²) in [4.78, 5) is 21.3.